The normalized spacial score (nSPS) is 8.58. The minimum Gasteiger partial charge on any atom is -0.328 e. The molecule has 0 aliphatic carbocycles. The predicted octanol–water partition coefficient (Wildman–Crippen LogP) is 1.32. The molecule has 0 heterocycles. The fourth-order valence-electron chi connectivity index (χ4n) is 0.964. The van der Waals surface area contributed by atoms with Crippen molar-refractivity contribution in [3.63, 3.8) is 0 Å². The first kappa shape index (κ1) is 8.28. The van der Waals surface area contributed by atoms with Gasteiger partial charge in [0.1, 0.15) is 0 Å². The summed E-state index contributed by atoms with van der Waals surface area (Å²) in [5, 5.41) is 11.0. The van der Waals surface area contributed by atoms with Gasteiger partial charge in [0.25, 0.3) is 0 Å². The van der Waals surface area contributed by atoms with Gasteiger partial charge < -0.3 is 5.32 Å². The number of carbonyl (C=O) groups is 1. The monoisotopic (exact) mass is 160 g/mol. The highest BCUT2D eigenvalue weighted by atomic mass is 16.1. The first-order chi connectivity index (χ1) is 5.88. The van der Waals surface area contributed by atoms with Gasteiger partial charge in [-0.05, 0) is 11.6 Å². The number of hydrogen-bond acceptors (Lipinski definition) is 2. The Labute approximate surface area is 70.6 Å². The van der Waals surface area contributed by atoms with Gasteiger partial charge in [-0.15, -0.1) is 0 Å². The van der Waals surface area contributed by atoms with Crippen molar-refractivity contribution in [2.24, 2.45) is 0 Å². The van der Waals surface area contributed by atoms with Gasteiger partial charge >= 0.3 is 0 Å². The number of anilines is 1. The molecule has 0 bridgehead atoms. The van der Waals surface area contributed by atoms with Crippen LogP contribution in [0.15, 0.2) is 24.3 Å². The molecule has 0 saturated heterocycles. The van der Waals surface area contributed by atoms with Crippen molar-refractivity contribution in [3.05, 3.63) is 29.8 Å². The summed E-state index contributed by atoms with van der Waals surface area (Å²) in [6, 6.07) is 9.25. The maximum Gasteiger partial charge on any atom is 0.211 e. The molecule has 0 unspecified atom stereocenters. The third kappa shape index (κ3) is 1.83. The Bertz CT molecular complexity index is 315. The molecule has 3 nitrogen and oxygen atoms in total. The second-order valence-electron chi connectivity index (χ2n) is 2.25. The molecule has 0 atom stereocenters. The number of rotatable bonds is 3. The van der Waals surface area contributed by atoms with E-state index in [1.54, 1.807) is 6.07 Å². The predicted molar refractivity (Wildman–Crippen MR) is 45.4 cm³/mol. The summed E-state index contributed by atoms with van der Waals surface area (Å²) in [5.41, 5.74) is 1.54. The second-order valence-corrected chi connectivity index (χ2v) is 2.25. The second kappa shape index (κ2) is 4.14. The zero-order chi connectivity index (χ0) is 8.81. The molecule has 0 aromatic heterocycles. The van der Waals surface area contributed by atoms with Crippen molar-refractivity contribution in [1.82, 2.24) is 0 Å². The van der Waals surface area contributed by atoms with Crippen molar-refractivity contribution in [1.29, 1.82) is 5.26 Å². The van der Waals surface area contributed by atoms with Crippen molar-refractivity contribution in [2.75, 3.05) is 5.32 Å². The van der Waals surface area contributed by atoms with Gasteiger partial charge in [-0.1, -0.05) is 18.2 Å². The molecule has 0 radical (unpaired) electrons. The number of para-hydroxylation sites is 1. The number of nitriles is 1. The topological polar surface area (TPSA) is 52.9 Å². The van der Waals surface area contributed by atoms with E-state index >= 15 is 0 Å². The van der Waals surface area contributed by atoms with Crippen molar-refractivity contribution >= 4 is 12.1 Å². The summed E-state index contributed by atoms with van der Waals surface area (Å²) in [6.45, 7) is 0. The fraction of sp³-hybridized carbons (Fsp3) is 0.111. The minimum atomic E-state index is 0.316. The molecule has 60 valence electrons. The quantitative estimate of drug-likeness (QED) is 0.678. The van der Waals surface area contributed by atoms with E-state index < -0.39 is 0 Å². The maximum absolute atomic E-state index is 10.1. The van der Waals surface area contributed by atoms with Crippen LogP contribution in [0.2, 0.25) is 0 Å². The van der Waals surface area contributed by atoms with Crippen molar-refractivity contribution < 1.29 is 4.79 Å². The summed E-state index contributed by atoms with van der Waals surface area (Å²) in [7, 11) is 0. The van der Waals surface area contributed by atoms with Crippen molar-refractivity contribution in [3.8, 4) is 6.07 Å². The highest BCUT2D eigenvalue weighted by Crippen LogP contribution is 2.13. The Morgan fingerprint density at radius 2 is 2.25 bits per heavy atom. The molecule has 12 heavy (non-hydrogen) atoms. The lowest BCUT2D eigenvalue weighted by molar-refractivity contribution is -0.105. The van der Waals surface area contributed by atoms with Crippen LogP contribution in [0.4, 0.5) is 5.69 Å². The molecule has 0 saturated carbocycles. The average Bonchev–Trinajstić information content (AvgIpc) is 2.09. The van der Waals surface area contributed by atoms with E-state index in [0.29, 0.717) is 18.5 Å². The van der Waals surface area contributed by atoms with Crippen LogP contribution in [0.3, 0.4) is 0 Å². The third-order valence-corrected chi connectivity index (χ3v) is 1.50. The summed E-state index contributed by atoms with van der Waals surface area (Å²) < 4.78 is 0. The van der Waals surface area contributed by atoms with E-state index in [4.69, 9.17) is 5.26 Å². The van der Waals surface area contributed by atoms with E-state index in [1.165, 1.54) is 0 Å². The van der Waals surface area contributed by atoms with Crippen LogP contribution < -0.4 is 5.32 Å². The third-order valence-electron chi connectivity index (χ3n) is 1.50. The van der Waals surface area contributed by atoms with E-state index in [1.807, 2.05) is 24.3 Å². The van der Waals surface area contributed by atoms with Gasteiger partial charge in [-0.3, -0.25) is 4.79 Å². The molecule has 0 fully saturated rings. The molecule has 0 aliphatic heterocycles. The standard InChI is InChI=1S/C9H8N2O/c10-6-5-8-3-1-2-4-9(8)11-7-12/h1-4,7H,5H2,(H,11,12). The van der Waals surface area contributed by atoms with E-state index in [2.05, 4.69) is 5.32 Å². The van der Waals surface area contributed by atoms with Crippen molar-refractivity contribution in [2.45, 2.75) is 6.42 Å². The lowest BCUT2D eigenvalue weighted by Crippen LogP contribution is -1.97. The van der Waals surface area contributed by atoms with Crippen LogP contribution in [0, 0.1) is 11.3 Å². The summed E-state index contributed by atoms with van der Waals surface area (Å²) >= 11 is 0. The number of carbonyl (C=O) groups excluding carboxylic acids is 1. The van der Waals surface area contributed by atoms with Crippen LogP contribution in [0.25, 0.3) is 0 Å². The SMILES string of the molecule is N#CCc1ccccc1NC=O. The molecule has 1 amide bonds. The zero-order valence-electron chi connectivity index (χ0n) is 6.45. The van der Waals surface area contributed by atoms with E-state index in [0.717, 1.165) is 5.56 Å². The van der Waals surface area contributed by atoms with Crippen LogP contribution in [0.5, 0.6) is 0 Å². The molecule has 1 rings (SSSR count). The summed E-state index contributed by atoms with van der Waals surface area (Å²) in [5.74, 6) is 0. The van der Waals surface area contributed by atoms with Crippen LogP contribution in [-0.4, -0.2) is 6.41 Å². The van der Waals surface area contributed by atoms with Gasteiger partial charge in [0.15, 0.2) is 0 Å². The minimum absolute atomic E-state index is 0.316. The molecule has 0 aliphatic rings. The van der Waals surface area contributed by atoms with Gasteiger partial charge in [0.05, 0.1) is 12.5 Å². The van der Waals surface area contributed by atoms with E-state index in [-0.39, 0.29) is 0 Å². The van der Waals surface area contributed by atoms with Gasteiger partial charge in [-0.2, -0.15) is 5.26 Å². The number of nitrogens with one attached hydrogen (secondary N) is 1. The molecule has 1 aromatic rings. The molecular formula is C9H8N2O. The van der Waals surface area contributed by atoms with Crippen LogP contribution in [0.1, 0.15) is 5.56 Å². The van der Waals surface area contributed by atoms with Crippen LogP contribution >= 0.6 is 0 Å². The first-order valence-corrected chi connectivity index (χ1v) is 3.53. The van der Waals surface area contributed by atoms with E-state index in [9.17, 15) is 4.79 Å². The Hall–Kier alpha value is -1.82. The van der Waals surface area contributed by atoms with Gasteiger partial charge in [0, 0.05) is 5.69 Å². The Morgan fingerprint density at radius 3 is 2.92 bits per heavy atom. The molecule has 0 spiro atoms. The number of hydrogen-bond donors (Lipinski definition) is 1. The maximum atomic E-state index is 10.1. The number of nitrogens with zero attached hydrogens (tertiary/aromatic N) is 1. The first-order valence-electron chi connectivity index (χ1n) is 3.53. The average molecular weight is 160 g/mol. The smallest absolute Gasteiger partial charge is 0.211 e. The zero-order valence-corrected chi connectivity index (χ0v) is 6.45. The largest absolute Gasteiger partial charge is 0.328 e. The Balaban J connectivity index is 2.93. The lowest BCUT2D eigenvalue weighted by Gasteiger charge is -2.02. The van der Waals surface area contributed by atoms with Gasteiger partial charge in [0.2, 0.25) is 6.41 Å². The Morgan fingerprint density at radius 1 is 1.50 bits per heavy atom. The molecule has 1 aromatic carbocycles. The number of amides is 1. The highest BCUT2D eigenvalue weighted by molar-refractivity contribution is 5.73. The summed E-state index contributed by atoms with van der Waals surface area (Å²) in [4.78, 5) is 10.1. The Kier molecular flexibility index (Phi) is 2.86. The highest BCUT2D eigenvalue weighted by Gasteiger charge is 1.97. The molecule has 1 N–H and O–H groups in total. The van der Waals surface area contributed by atoms with Crippen LogP contribution in [-0.2, 0) is 11.2 Å². The molecular weight excluding hydrogens is 152 g/mol. The summed E-state index contributed by atoms with van der Waals surface area (Å²) in [6.07, 6.45) is 0.924. The fourth-order valence-corrected chi connectivity index (χ4v) is 0.964. The number of benzene rings is 1. The lowest BCUT2D eigenvalue weighted by atomic mass is 10.1. The molecule has 3 heteroatoms. The van der Waals surface area contributed by atoms with Gasteiger partial charge in [-0.25, -0.2) is 0 Å².